The summed E-state index contributed by atoms with van der Waals surface area (Å²) in [6.45, 7) is 6.67. The van der Waals surface area contributed by atoms with Crippen LogP contribution in [0.2, 0.25) is 0 Å². The fourth-order valence-electron chi connectivity index (χ4n) is 4.08. The molecule has 184 valence electrons. The Kier molecular flexibility index (Phi) is 6.88. The van der Waals surface area contributed by atoms with Crippen molar-refractivity contribution in [3.05, 3.63) is 72.3 Å². The van der Waals surface area contributed by atoms with Crippen LogP contribution >= 0.6 is 0 Å². The maximum Gasteiger partial charge on any atom is 0.165 e. The van der Waals surface area contributed by atoms with Crippen LogP contribution in [0.25, 0.3) is 22.3 Å². The van der Waals surface area contributed by atoms with Gasteiger partial charge in [0.25, 0.3) is 0 Å². The van der Waals surface area contributed by atoms with Crippen LogP contribution in [-0.4, -0.2) is 42.0 Å². The highest BCUT2D eigenvalue weighted by atomic mass is 16.6. The molecule has 0 bridgehead atoms. The topological polar surface area (TPSA) is 96.3 Å². The molecule has 2 atom stereocenters. The molecule has 0 saturated carbocycles. The first-order chi connectivity index (χ1) is 17.5. The third-order valence-electron chi connectivity index (χ3n) is 5.88. The van der Waals surface area contributed by atoms with Crippen molar-refractivity contribution in [3.63, 3.8) is 0 Å². The van der Waals surface area contributed by atoms with Gasteiger partial charge in [-0.25, -0.2) is 9.97 Å². The van der Waals surface area contributed by atoms with Crippen molar-refractivity contribution in [2.45, 2.75) is 39.1 Å². The lowest BCUT2D eigenvalue weighted by molar-refractivity contribution is 0.257. The summed E-state index contributed by atoms with van der Waals surface area (Å²) in [6.07, 6.45) is 0.0761. The van der Waals surface area contributed by atoms with Crippen molar-refractivity contribution >= 4 is 28.1 Å². The summed E-state index contributed by atoms with van der Waals surface area (Å²) < 4.78 is 11.8. The Hall–Kier alpha value is -3.88. The van der Waals surface area contributed by atoms with Crippen LogP contribution in [0.4, 0.5) is 17.2 Å². The van der Waals surface area contributed by atoms with Gasteiger partial charge in [-0.05, 0) is 68.8 Å². The molecule has 0 aliphatic carbocycles. The predicted molar refractivity (Wildman–Crippen MR) is 142 cm³/mol. The van der Waals surface area contributed by atoms with E-state index in [1.165, 1.54) is 0 Å². The molecule has 8 nitrogen and oxygen atoms in total. The molecule has 4 aromatic rings. The summed E-state index contributed by atoms with van der Waals surface area (Å²) in [5.41, 5.74) is 4.45. The maximum absolute atomic E-state index is 6.16. The molecular weight excluding hydrogens is 452 g/mol. The number of hydrogen-bond acceptors (Lipinski definition) is 8. The number of ether oxygens (including phenoxy) is 2. The van der Waals surface area contributed by atoms with E-state index in [1.54, 1.807) is 7.05 Å². The van der Waals surface area contributed by atoms with Gasteiger partial charge in [0.15, 0.2) is 5.82 Å². The Morgan fingerprint density at radius 1 is 1.03 bits per heavy atom. The van der Waals surface area contributed by atoms with Gasteiger partial charge in [-0.15, -0.1) is 0 Å². The highest BCUT2D eigenvalue weighted by Crippen LogP contribution is 2.33. The van der Waals surface area contributed by atoms with Crippen LogP contribution in [-0.2, 0) is 4.74 Å². The van der Waals surface area contributed by atoms with Crippen LogP contribution in [0.15, 0.2) is 77.0 Å². The van der Waals surface area contributed by atoms with Crippen molar-refractivity contribution in [3.8, 4) is 17.1 Å². The van der Waals surface area contributed by atoms with E-state index in [9.17, 15) is 0 Å². The molecule has 0 radical (unpaired) electrons. The van der Waals surface area contributed by atoms with Crippen molar-refractivity contribution in [1.29, 1.82) is 0 Å². The number of nitrogens with zero attached hydrogens (tertiary/aromatic N) is 4. The van der Waals surface area contributed by atoms with Gasteiger partial charge in [-0.2, -0.15) is 10.2 Å². The number of aryl methyl sites for hydroxylation is 1. The van der Waals surface area contributed by atoms with E-state index >= 15 is 0 Å². The van der Waals surface area contributed by atoms with Crippen LogP contribution in [0, 0.1) is 6.92 Å². The quantitative estimate of drug-likeness (QED) is 0.219. The van der Waals surface area contributed by atoms with Crippen molar-refractivity contribution < 1.29 is 9.47 Å². The van der Waals surface area contributed by atoms with Gasteiger partial charge in [0.2, 0.25) is 0 Å². The van der Waals surface area contributed by atoms with Crippen LogP contribution in [0.1, 0.15) is 19.4 Å². The number of aromatic nitrogens is 2. The first-order valence-electron chi connectivity index (χ1n) is 12.1. The molecule has 1 aliphatic heterocycles. The second-order valence-corrected chi connectivity index (χ2v) is 9.06. The van der Waals surface area contributed by atoms with Gasteiger partial charge in [-0.1, -0.05) is 24.3 Å². The lowest BCUT2D eigenvalue weighted by Crippen LogP contribution is -2.28. The van der Waals surface area contributed by atoms with Gasteiger partial charge >= 0.3 is 0 Å². The summed E-state index contributed by atoms with van der Waals surface area (Å²) in [6, 6.07) is 22.1. The minimum absolute atomic E-state index is 0.0358. The average molecular weight is 483 g/mol. The third kappa shape index (κ3) is 5.35. The van der Waals surface area contributed by atoms with E-state index in [2.05, 4.69) is 34.7 Å². The van der Waals surface area contributed by atoms with E-state index < -0.39 is 0 Å². The molecule has 5 rings (SSSR count). The molecule has 2 heterocycles. The fraction of sp³-hybridized carbons (Fsp3) is 0.286. The summed E-state index contributed by atoms with van der Waals surface area (Å²) >= 11 is 0. The number of epoxide rings is 1. The third-order valence-corrected chi connectivity index (χ3v) is 5.88. The summed E-state index contributed by atoms with van der Waals surface area (Å²) in [4.78, 5) is 9.78. The molecule has 2 unspecified atom stereocenters. The first-order valence-corrected chi connectivity index (χ1v) is 12.1. The molecule has 1 aliphatic rings. The summed E-state index contributed by atoms with van der Waals surface area (Å²) in [5.74, 6) is 2.04. The number of anilines is 2. The van der Waals surface area contributed by atoms with Crippen LogP contribution in [0.5, 0.6) is 5.75 Å². The Labute approximate surface area is 210 Å². The van der Waals surface area contributed by atoms with Gasteiger partial charge in [0.1, 0.15) is 30.5 Å². The molecular formula is C28H30N6O2. The zero-order valence-corrected chi connectivity index (χ0v) is 20.9. The van der Waals surface area contributed by atoms with Gasteiger partial charge in [0, 0.05) is 24.2 Å². The fourth-order valence-corrected chi connectivity index (χ4v) is 4.08. The zero-order chi connectivity index (χ0) is 25.1. The lowest BCUT2D eigenvalue weighted by atomic mass is 10.1. The molecule has 2 N–H and O–H groups in total. The van der Waals surface area contributed by atoms with E-state index in [4.69, 9.17) is 19.4 Å². The van der Waals surface area contributed by atoms with E-state index in [0.29, 0.717) is 18.5 Å². The molecule has 0 spiro atoms. The second-order valence-electron chi connectivity index (χ2n) is 9.06. The second kappa shape index (κ2) is 10.4. The van der Waals surface area contributed by atoms with Crippen molar-refractivity contribution in [2.75, 3.05) is 19.0 Å². The Morgan fingerprint density at radius 2 is 1.83 bits per heavy atom. The average Bonchev–Trinajstić information content (AvgIpc) is 3.61. The molecule has 8 heteroatoms. The number of nitrogens with one attached hydrogen (secondary N) is 2. The minimum atomic E-state index is 0.0358. The Balaban J connectivity index is 1.45. The first kappa shape index (κ1) is 23.8. The highest BCUT2D eigenvalue weighted by Gasteiger charge is 2.39. The monoisotopic (exact) mass is 482 g/mol. The standard InChI is InChI=1S/C28H30N6O2/c1-17(2)30-28-25(36-28)16-35-24-12-8-6-10-21(24)27-32-23-11-7-5-9-20(23)26(33-27)31-19-13-14-22(34-29-4)18(3)15-19/h5-15,17,25,28,30H,16H2,1-4H3,(H,31,32,33). The largest absolute Gasteiger partial charge is 0.490 e. The normalized spacial score (nSPS) is 17.1. The van der Waals surface area contributed by atoms with Gasteiger partial charge in [-0.3, -0.25) is 5.32 Å². The molecule has 1 aromatic heterocycles. The lowest BCUT2D eigenvalue weighted by Gasteiger charge is -2.14. The van der Waals surface area contributed by atoms with E-state index in [-0.39, 0.29) is 12.3 Å². The molecule has 1 saturated heterocycles. The number of benzene rings is 3. The number of fused-ring (bicyclic) bond motifs is 1. The number of azo groups is 1. The Morgan fingerprint density at radius 3 is 2.64 bits per heavy atom. The van der Waals surface area contributed by atoms with Crippen molar-refractivity contribution in [1.82, 2.24) is 15.3 Å². The van der Waals surface area contributed by atoms with Gasteiger partial charge < -0.3 is 14.8 Å². The van der Waals surface area contributed by atoms with Crippen molar-refractivity contribution in [2.24, 2.45) is 10.2 Å². The summed E-state index contributed by atoms with van der Waals surface area (Å²) in [7, 11) is 1.67. The highest BCUT2D eigenvalue weighted by molar-refractivity contribution is 5.92. The smallest absolute Gasteiger partial charge is 0.165 e. The molecule has 36 heavy (non-hydrogen) atoms. The maximum atomic E-state index is 6.16. The number of rotatable bonds is 9. The number of para-hydroxylation sites is 2. The Bertz CT molecular complexity index is 1400. The SMILES string of the molecule is CN=Nc1ccc(Nc2nc(-c3ccccc3OCC3OC3NC(C)C)nc3ccccc23)cc1C. The van der Waals surface area contributed by atoms with Crippen LogP contribution < -0.4 is 15.4 Å². The number of hydrogen-bond donors (Lipinski definition) is 2. The van der Waals surface area contributed by atoms with E-state index in [0.717, 1.165) is 45.0 Å². The van der Waals surface area contributed by atoms with Gasteiger partial charge in [0.05, 0.1) is 16.8 Å². The molecule has 3 aromatic carbocycles. The van der Waals surface area contributed by atoms with E-state index in [1.807, 2.05) is 73.7 Å². The zero-order valence-electron chi connectivity index (χ0n) is 20.9. The molecule has 1 fully saturated rings. The predicted octanol–water partition coefficient (Wildman–Crippen LogP) is 6.16. The minimum Gasteiger partial charge on any atom is -0.490 e. The van der Waals surface area contributed by atoms with Crippen LogP contribution in [0.3, 0.4) is 0 Å². The molecule has 0 amide bonds. The summed E-state index contributed by atoms with van der Waals surface area (Å²) in [5, 5.41) is 15.8.